The van der Waals surface area contributed by atoms with Crippen molar-refractivity contribution in [2.75, 3.05) is 13.2 Å². The van der Waals surface area contributed by atoms with Gasteiger partial charge in [0.2, 0.25) is 5.91 Å². The van der Waals surface area contributed by atoms with Crippen LogP contribution in [0.5, 0.6) is 0 Å². The lowest BCUT2D eigenvalue weighted by atomic mass is 10.0. The summed E-state index contributed by atoms with van der Waals surface area (Å²) in [4.78, 5) is 24.5. The zero-order valence-corrected chi connectivity index (χ0v) is 50.5. The second-order valence-corrected chi connectivity index (χ2v) is 23.2. The zero-order valence-electron chi connectivity index (χ0n) is 50.5. The van der Waals surface area contributed by atoms with Crippen molar-refractivity contribution in [2.24, 2.45) is 0 Å². The number of aliphatic hydroxyl groups excluding tert-OH is 2. The van der Waals surface area contributed by atoms with Gasteiger partial charge >= 0.3 is 5.97 Å². The Bertz CT molecular complexity index is 1210. The highest BCUT2D eigenvalue weighted by Crippen LogP contribution is 2.18. The van der Waals surface area contributed by atoms with E-state index < -0.39 is 12.1 Å². The van der Waals surface area contributed by atoms with Gasteiger partial charge in [0, 0.05) is 12.8 Å². The van der Waals surface area contributed by atoms with Gasteiger partial charge in [-0.3, -0.25) is 9.59 Å². The smallest absolute Gasteiger partial charge is 0.305 e. The maximum Gasteiger partial charge on any atom is 0.305 e. The van der Waals surface area contributed by atoms with Crippen LogP contribution >= 0.6 is 0 Å². The topological polar surface area (TPSA) is 95.9 Å². The first-order chi connectivity index (χ1) is 37.0. The number of amides is 1. The van der Waals surface area contributed by atoms with E-state index >= 15 is 0 Å². The Morgan fingerprint density at radius 3 is 1.01 bits per heavy atom. The molecule has 3 N–H and O–H groups in total. The number of hydrogen-bond acceptors (Lipinski definition) is 5. The second-order valence-electron chi connectivity index (χ2n) is 23.2. The highest BCUT2D eigenvalue weighted by Gasteiger charge is 2.18. The summed E-state index contributed by atoms with van der Waals surface area (Å²) < 4.78 is 5.48. The van der Waals surface area contributed by atoms with Crippen LogP contribution in [0, 0.1) is 0 Å². The Morgan fingerprint density at radius 1 is 0.373 bits per heavy atom. The van der Waals surface area contributed by atoms with Gasteiger partial charge in [0.05, 0.1) is 25.4 Å². The fourth-order valence-corrected chi connectivity index (χ4v) is 10.5. The average Bonchev–Trinajstić information content (AvgIpc) is 3.41. The number of esters is 1. The highest BCUT2D eigenvalue weighted by atomic mass is 16.5. The number of allylic oxidation sites excluding steroid dienone is 5. The first-order valence-electron chi connectivity index (χ1n) is 33.8. The van der Waals surface area contributed by atoms with E-state index in [0.717, 1.165) is 44.9 Å². The third-order valence-corrected chi connectivity index (χ3v) is 15.7. The third-order valence-electron chi connectivity index (χ3n) is 15.7. The van der Waals surface area contributed by atoms with Crippen molar-refractivity contribution >= 4 is 11.9 Å². The van der Waals surface area contributed by atoms with Crippen molar-refractivity contribution in [1.82, 2.24) is 5.32 Å². The fourth-order valence-electron chi connectivity index (χ4n) is 10.5. The van der Waals surface area contributed by atoms with Crippen LogP contribution in [0.4, 0.5) is 0 Å². The molecule has 0 rings (SSSR count). The summed E-state index contributed by atoms with van der Waals surface area (Å²) in [7, 11) is 0. The minimum atomic E-state index is -0.850. The SMILES string of the molecule is CCCCCCCCCCCCCCCCCCCC/C=C/C(O)C(CO)NC(=O)CCCCCCCCCCC/C=C\C/C=C\CCCCCCCCCCCOC(=O)CCCCCCCCCCCCCCC. The molecule has 0 saturated carbocycles. The molecule has 1 amide bonds. The average molecular weight is 1050 g/mol. The molecule has 0 aromatic heterocycles. The zero-order chi connectivity index (χ0) is 54.3. The monoisotopic (exact) mass is 1050 g/mol. The molecule has 6 nitrogen and oxygen atoms in total. The van der Waals surface area contributed by atoms with E-state index in [0.29, 0.717) is 19.4 Å². The molecule has 0 fully saturated rings. The molecule has 0 radical (unpaired) electrons. The summed E-state index contributed by atoms with van der Waals surface area (Å²) in [6, 6.07) is -0.634. The molecular weight excluding hydrogens is 923 g/mol. The number of ether oxygens (including phenoxy) is 1. The van der Waals surface area contributed by atoms with Crippen molar-refractivity contribution in [3.05, 3.63) is 36.5 Å². The van der Waals surface area contributed by atoms with Crippen LogP contribution < -0.4 is 5.32 Å². The van der Waals surface area contributed by atoms with Crippen LogP contribution in [0.3, 0.4) is 0 Å². The summed E-state index contributed by atoms with van der Waals surface area (Å²) in [5.41, 5.74) is 0. The number of nitrogens with one attached hydrogen (secondary N) is 1. The van der Waals surface area contributed by atoms with Gasteiger partial charge in [0.1, 0.15) is 0 Å². The molecule has 0 spiro atoms. The Hall–Kier alpha value is -1.92. The normalized spacial score (nSPS) is 12.7. The third kappa shape index (κ3) is 61.2. The molecule has 0 aromatic rings. The summed E-state index contributed by atoms with van der Waals surface area (Å²) in [6.45, 7) is 4.93. The maximum atomic E-state index is 12.5. The fraction of sp³-hybridized carbons (Fsp3) is 0.884. The molecule has 2 unspecified atom stereocenters. The lowest BCUT2D eigenvalue weighted by molar-refractivity contribution is -0.143. The van der Waals surface area contributed by atoms with E-state index in [1.165, 1.54) is 295 Å². The molecule has 75 heavy (non-hydrogen) atoms. The summed E-state index contributed by atoms with van der Waals surface area (Å²) in [5.74, 6) is -0.0607. The van der Waals surface area contributed by atoms with Gasteiger partial charge < -0.3 is 20.3 Å². The van der Waals surface area contributed by atoms with Gasteiger partial charge in [-0.05, 0) is 64.2 Å². The van der Waals surface area contributed by atoms with E-state index in [4.69, 9.17) is 4.74 Å². The number of unbranched alkanes of at least 4 members (excludes halogenated alkanes) is 48. The number of rotatable bonds is 63. The van der Waals surface area contributed by atoms with Crippen molar-refractivity contribution in [2.45, 2.75) is 379 Å². The Balaban J connectivity index is 3.46. The predicted octanol–water partition coefficient (Wildman–Crippen LogP) is 21.5. The van der Waals surface area contributed by atoms with Gasteiger partial charge in [-0.1, -0.05) is 326 Å². The van der Waals surface area contributed by atoms with Crippen molar-refractivity contribution in [3.8, 4) is 0 Å². The van der Waals surface area contributed by atoms with Gasteiger partial charge in [0.15, 0.2) is 0 Å². The van der Waals surface area contributed by atoms with Crippen molar-refractivity contribution in [1.29, 1.82) is 0 Å². The number of carbonyl (C=O) groups is 2. The Labute approximate surface area is 468 Å². The van der Waals surface area contributed by atoms with Crippen molar-refractivity contribution < 1.29 is 24.5 Å². The summed E-state index contributed by atoms with van der Waals surface area (Å²) in [5, 5.41) is 23.2. The highest BCUT2D eigenvalue weighted by molar-refractivity contribution is 5.76. The summed E-state index contributed by atoms with van der Waals surface area (Å²) in [6.07, 6.45) is 82.0. The maximum absolute atomic E-state index is 12.5. The van der Waals surface area contributed by atoms with Crippen LogP contribution in [0.1, 0.15) is 367 Å². The molecule has 0 bridgehead atoms. The van der Waals surface area contributed by atoms with Crippen molar-refractivity contribution in [3.63, 3.8) is 0 Å². The van der Waals surface area contributed by atoms with Crippen LogP contribution in [0.2, 0.25) is 0 Å². The summed E-state index contributed by atoms with van der Waals surface area (Å²) >= 11 is 0. The van der Waals surface area contributed by atoms with Gasteiger partial charge in [-0.25, -0.2) is 0 Å². The molecule has 0 aliphatic carbocycles. The minimum Gasteiger partial charge on any atom is -0.466 e. The van der Waals surface area contributed by atoms with Crippen LogP contribution in [-0.2, 0) is 14.3 Å². The number of aliphatic hydroxyl groups is 2. The van der Waals surface area contributed by atoms with E-state index in [2.05, 4.69) is 43.5 Å². The molecular formula is C69H131NO5. The van der Waals surface area contributed by atoms with Crippen LogP contribution in [-0.4, -0.2) is 47.4 Å². The Kier molecular flexibility index (Phi) is 63.0. The molecule has 0 aliphatic heterocycles. The molecule has 2 atom stereocenters. The van der Waals surface area contributed by atoms with E-state index in [-0.39, 0.29) is 18.5 Å². The Morgan fingerprint density at radius 2 is 0.667 bits per heavy atom. The molecule has 6 heteroatoms. The molecule has 0 heterocycles. The quantitative estimate of drug-likeness (QED) is 0.0320. The van der Waals surface area contributed by atoms with E-state index in [1.54, 1.807) is 6.08 Å². The lowest BCUT2D eigenvalue weighted by Gasteiger charge is -2.20. The van der Waals surface area contributed by atoms with E-state index in [9.17, 15) is 19.8 Å². The number of hydrogen-bond donors (Lipinski definition) is 3. The van der Waals surface area contributed by atoms with Crippen LogP contribution in [0.15, 0.2) is 36.5 Å². The molecule has 442 valence electrons. The van der Waals surface area contributed by atoms with Crippen LogP contribution in [0.25, 0.3) is 0 Å². The lowest BCUT2D eigenvalue weighted by Crippen LogP contribution is -2.45. The minimum absolute atomic E-state index is 0.0104. The second kappa shape index (κ2) is 64.6. The van der Waals surface area contributed by atoms with Gasteiger partial charge in [-0.2, -0.15) is 0 Å². The standard InChI is InChI=1S/C69H131NO5/c1-3-5-7-9-11-13-15-17-18-19-20-28-31-34-38-41-45-49-53-57-61-67(72)66(65-71)70-68(73)62-58-54-50-46-42-39-35-32-29-26-24-22-21-23-25-27-30-33-36-40-44-48-52-56-60-64-75-69(74)63-59-55-51-47-43-37-16-14-12-10-8-6-4-2/h22-25,57,61,66-67,71-72H,3-21,26-56,58-60,62-65H2,1-2H3,(H,70,73)/b24-22-,25-23-,61-57+. The first kappa shape index (κ1) is 73.1. The van der Waals surface area contributed by atoms with Gasteiger partial charge in [0.25, 0.3) is 0 Å². The largest absolute Gasteiger partial charge is 0.466 e. The van der Waals surface area contributed by atoms with Gasteiger partial charge in [-0.15, -0.1) is 0 Å². The molecule has 0 aliphatic rings. The molecule has 0 aromatic carbocycles. The predicted molar refractivity (Wildman–Crippen MR) is 329 cm³/mol. The van der Waals surface area contributed by atoms with E-state index in [1.807, 2.05) is 6.08 Å². The first-order valence-corrected chi connectivity index (χ1v) is 33.8. The molecule has 0 saturated heterocycles. The number of carbonyl (C=O) groups excluding carboxylic acids is 2.